The fourth-order valence-corrected chi connectivity index (χ4v) is 3.91. The lowest BCUT2D eigenvalue weighted by Crippen LogP contribution is -2.34. The van der Waals surface area contributed by atoms with E-state index >= 15 is 0 Å². The molecule has 6 nitrogen and oxygen atoms in total. The van der Waals surface area contributed by atoms with Gasteiger partial charge in [0.15, 0.2) is 0 Å². The molecule has 0 bridgehead atoms. The van der Waals surface area contributed by atoms with Crippen LogP contribution in [0, 0.1) is 0 Å². The lowest BCUT2D eigenvalue weighted by atomic mass is 10.1. The second-order valence-corrected chi connectivity index (χ2v) is 6.64. The van der Waals surface area contributed by atoms with E-state index in [-0.39, 0.29) is 5.56 Å². The lowest BCUT2D eigenvalue weighted by Gasteiger charge is -2.47. The van der Waals surface area contributed by atoms with Crippen LogP contribution >= 0.6 is 10.8 Å². The predicted octanol–water partition coefficient (Wildman–Crippen LogP) is 2.75. The zero-order valence-corrected chi connectivity index (χ0v) is 12.4. The molecule has 0 amide bonds. The summed E-state index contributed by atoms with van der Waals surface area (Å²) in [4.78, 5) is 11.8. The smallest absolute Gasteiger partial charge is 0.341 e. The molecule has 1 aromatic rings. The number of hydrogen-bond donors (Lipinski definition) is 2. The Morgan fingerprint density at radius 3 is 2.65 bits per heavy atom. The molecule has 0 saturated carbocycles. The SMILES string of the molecule is COC(=O)c1cc(N2CCCCS2(O)O)ccc1OC. The van der Waals surface area contributed by atoms with Gasteiger partial charge in [-0.3, -0.25) is 13.4 Å². The van der Waals surface area contributed by atoms with E-state index < -0.39 is 16.7 Å². The van der Waals surface area contributed by atoms with E-state index in [1.54, 1.807) is 22.5 Å². The quantitative estimate of drug-likeness (QED) is 0.836. The van der Waals surface area contributed by atoms with Gasteiger partial charge < -0.3 is 9.47 Å². The highest BCUT2D eigenvalue weighted by Crippen LogP contribution is 2.50. The van der Waals surface area contributed by atoms with Crippen molar-refractivity contribution in [2.24, 2.45) is 0 Å². The first-order valence-corrected chi connectivity index (χ1v) is 7.97. The number of nitrogens with zero attached hydrogens (tertiary/aromatic N) is 1. The Morgan fingerprint density at radius 2 is 2.05 bits per heavy atom. The normalized spacial score (nSPS) is 19.3. The first-order valence-electron chi connectivity index (χ1n) is 6.29. The van der Waals surface area contributed by atoms with Crippen molar-refractivity contribution in [3.05, 3.63) is 23.8 Å². The van der Waals surface area contributed by atoms with Crippen LogP contribution in [0.4, 0.5) is 5.69 Å². The van der Waals surface area contributed by atoms with E-state index in [1.807, 2.05) is 0 Å². The molecule has 0 radical (unpaired) electrons. The summed E-state index contributed by atoms with van der Waals surface area (Å²) in [5.41, 5.74) is 0.860. The van der Waals surface area contributed by atoms with Crippen molar-refractivity contribution in [2.45, 2.75) is 12.8 Å². The predicted molar refractivity (Wildman–Crippen MR) is 78.6 cm³/mol. The maximum atomic E-state index is 11.8. The van der Waals surface area contributed by atoms with Crippen LogP contribution in [-0.2, 0) is 4.74 Å². The van der Waals surface area contributed by atoms with Crippen LogP contribution in [0.15, 0.2) is 18.2 Å². The van der Waals surface area contributed by atoms with Crippen molar-refractivity contribution in [3.8, 4) is 5.75 Å². The molecule has 0 aromatic heterocycles. The molecular weight excluding hydrogens is 282 g/mol. The zero-order chi connectivity index (χ0) is 14.8. The summed E-state index contributed by atoms with van der Waals surface area (Å²) in [7, 11) is -0.0421. The second-order valence-electron chi connectivity index (χ2n) is 4.52. The summed E-state index contributed by atoms with van der Waals surface area (Å²) in [6, 6.07) is 4.92. The van der Waals surface area contributed by atoms with Gasteiger partial charge in [0.2, 0.25) is 0 Å². The summed E-state index contributed by atoms with van der Waals surface area (Å²) in [6.45, 7) is 0.551. The Hall–Kier alpha value is -1.44. The van der Waals surface area contributed by atoms with Crippen molar-refractivity contribution in [1.29, 1.82) is 0 Å². The van der Waals surface area contributed by atoms with E-state index in [0.717, 1.165) is 12.8 Å². The molecular formula is C13H19NO5S. The molecule has 1 aliphatic heterocycles. The molecule has 0 aliphatic carbocycles. The van der Waals surface area contributed by atoms with Gasteiger partial charge in [0, 0.05) is 6.54 Å². The van der Waals surface area contributed by atoms with Crippen molar-refractivity contribution >= 4 is 22.4 Å². The summed E-state index contributed by atoms with van der Waals surface area (Å²) in [5.74, 6) is 0.235. The number of ether oxygens (including phenoxy) is 2. The summed E-state index contributed by atoms with van der Waals surface area (Å²) < 4.78 is 31.6. The molecule has 1 heterocycles. The van der Waals surface area contributed by atoms with Gasteiger partial charge in [0.1, 0.15) is 11.3 Å². The number of hydrogen-bond acceptors (Lipinski definition) is 6. The molecule has 0 atom stereocenters. The molecule has 1 aliphatic rings. The summed E-state index contributed by atoms with van der Waals surface area (Å²) >= 11 is 0. The van der Waals surface area contributed by atoms with Crippen LogP contribution in [0.5, 0.6) is 5.75 Å². The molecule has 0 unspecified atom stereocenters. The van der Waals surface area contributed by atoms with Gasteiger partial charge in [-0.25, -0.2) is 4.79 Å². The molecule has 7 heteroatoms. The number of rotatable bonds is 3. The van der Waals surface area contributed by atoms with Crippen molar-refractivity contribution < 1.29 is 23.4 Å². The first kappa shape index (κ1) is 15.0. The standard InChI is InChI=1S/C13H19NO5S/c1-18-12-6-5-10(9-11(12)13(15)19-2)14-7-3-4-8-20(14,16)17/h5-6,9,16-17H,3-4,7-8H2,1-2H3. The van der Waals surface area contributed by atoms with Gasteiger partial charge in [0.05, 0.1) is 25.7 Å². The average molecular weight is 301 g/mol. The van der Waals surface area contributed by atoms with E-state index in [2.05, 4.69) is 0 Å². The summed E-state index contributed by atoms with van der Waals surface area (Å²) in [5, 5.41) is 0. The highest BCUT2D eigenvalue weighted by atomic mass is 32.3. The molecule has 1 saturated heterocycles. The fourth-order valence-electron chi connectivity index (χ4n) is 2.23. The number of anilines is 1. The average Bonchev–Trinajstić information content (AvgIpc) is 2.45. The van der Waals surface area contributed by atoms with Gasteiger partial charge in [-0.1, -0.05) is 0 Å². The maximum absolute atomic E-state index is 11.8. The third-order valence-corrected chi connectivity index (χ3v) is 5.19. The van der Waals surface area contributed by atoms with Gasteiger partial charge >= 0.3 is 5.97 Å². The number of esters is 1. The van der Waals surface area contributed by atoms with E-state index in [9.17, 15) is 13.9 Å². The zero-order valence-electron chi connectivity index (χ0n) is 11.5. The molecule has 112 valence electrons. The van der Waals surface area contributed by atoms with Crippen molar-refractivity contribution in [3.63, 3.8) is 0 Å². The Balaban J connectivity index is 2.40. The molecule has 2 N–H and O–H groups in total. The Kier molecular flexibility index (Phi) is 4.42. The highest BCUT2D eigenvalue weighted by Gasteiger charge is 2.28. The number of methoxy groups -OCH3 is 2. The third kappa shape index (κ3) is 2.84. The first-order chi connectivity index (χ1) is 9.49. The van der Waals surface area contributed by atoms with Crippen LogP contribution in [0.25, 0.3) is 0 Å². The van der Waals surface area contributed by atoms with Crippen LogP contribution in [0.3, 0.4) is 0 Å². The monoisotopic (exact) mass is 301 g/mol. The van der Waals surface area contributed by atoms with Crippen LogP contribution in [-0.4, -0.2) is 41.6 Å². The Morgan fingerprint density at radius 1 is 1.30 bits per heavy atom. The van der Waals surface area contributed by atoms with Gasteiger partial charge in [-0.05, 0) is 31.0 Å². The molecule has 20 heavy (non-hydrogen) atoms. The lowest BCUT2D eigenvalue weighted by molar-refractivity contribution is 0.0597. The Labute approximate surface area is 119 Å². The van der Waals surface area contributed by atoms with Crippen LogP contribution < -0.4 is 9.04 Å². The minimum absolute atomic E-state index is 0.272. The molecule has 1 aromatic carbocycles. The maximum Gasteiger partial charge on any atom is 0.341 e. The fraction of sp³-hybridized carbons (Fsp3) is 0.462. The molecule has 1 fully saturated rings. The van der Waals surface area contributed by atoms with Crippen LogP contribution in [0.1, 0.15) is 23.2 Å². The number of benzene rings is 1. The summed E-state index contributed by atoms with van der Waals surface area (Å²) in [6.07, 6.45) is 1.67. The van der Waals surface area contributed by atoms with E-state index in [0.29, 0.717) is 23.7 Å². The minimum Gasteiger partial charge on any atom is -0.496 e. The third-order valence-electron chi connectivity index (χ3n) is 3.26. The largest absolute Gasteiger partial charge is 0.496 e. The van der Waals surface area contributed by atoms with E-state index in [1.165, 1.54) is 14.2 Å². The van der Waals surface area contributed by atoms with Crippen molar-refractivity contribution in [2.75, 3.05) is 30.8 Å². The van der Waals surface area contributed by atoms with Crippen LogP contribution in [0.2, 0.25) is 0 Å². The van der Waals surface area contributed by atoms with Gasteiger partial charge in [0.25, 0.3) is 0 Å². The molecule has 0 spiro atoms. The highest BCUT2D eigenvalue weighted by molar-refractivity contribution is 8.25. The topological polar surface area (TPSA) is 79.2 Å². The van der Waals surface area contributed by atoms with Gasteiger partial charge in [-0.15, -0.1) is 10.8 Å². The van der Waals surface area contributed by atoms with E-state index in [4.69, 9.17) is 9.47 Å². The minimum atomic E-state index is -2.80. The molecule has 2 rings (SSSR count). The second kappa shape index (κ2) is 5.90. The Bertz CT molecular complexity index is 506. The number of carbonyl (C=O) groups excluding carboxylic acids is 1. The van der Waals surface area contributed by atoms with Crippen molar-refractivity contribution in [1.82, 2.24) is 0 Å². The van der Waals surface area contributed by atoms with Gasteiger partial charge in [-0.2, -0.15) is 0 Å². The number of carbonyl (C=O) groups is 1.